The molecular formula is C24H33Cl2N3O4. The SMILES string of the molecule is CC1CCN(CC(O)CCN2CCN(C(=O)C=Cc3ccc(Cl)c(Cl)c3)CCC2=O)CC1O. The molecule has 0 bridgehead atoms. The first kappa shape index (κ1) is 26.0. The Kier molecular flexibility index (Phi) is 9.58. The Morgan fingerprint density at radius 2 is 2.00 bits per heavy atom. The van der Waals surface area contributed by atoms with E-state index in [0.717, 1.165) is 18.5 Å². The standard InChI is InChI=1S/C24H33Cl2N3O4/c1-17-6-9-27(16-22(17)31)15-19(30)7-10-28-12-13-29(11-8-24(28)33)23(32)5-3-18-2-4-20(25)21(26)14-18/h2-5,14,17,19,22,30-31H,6-13,15-16H2,1H3. The minimum Gasteiger partial charge on any atom is -0.392 e. The van der Waals surface area contributed by atoms with Crippen LogP contribution in [0.1, 0.15) is 31.7 Å². The summed E-state index contributed by atoms with van der Waals surface area (Å²) < 4.78 is 0. The largest absolute Gasteiger partial charge is 0.392 e. The van der Waals surface area contributed by atoms with Crippen LogP contribution in [0.4, 0.5) is 0 Å². The van der Waals surface area contributed by atoms with E-state index in [1.807, 2.05) is 6.92 Å². The number of aliphatic hydroxyl groups is 2. The van der Waals surface area contributed by atoms with E-state index in [9.17, 15) is 19.8 Å². The molecule has 2 aliphatic heterocycles. The maximum absolute atomic E-state index is 12.6. The summed E-state index contributed by atoms with van der Waals surface area (Å²) in [5.74, 6) is 0.124. The highest BCUT2D eigenvalue weighted by atomic mass is 35.5. The second-order valence-corrected chi connectivity index (χ2v) is 9.81. The maximum atomic E-state index is 12.6. The molecule has 3 atom stereocenters. The Bertz CT molecular complexity index is 866. The van der Waals surface area contributed by atoms with Crippen LogP contribution in [-0.2, 0) is 9.59 Å². The number of benzene rings is 1. The number of aliphatic hydroxyl groups excluding tert-OH is 2. The topological polar surface area (TPSA) is 84.3 Å². The van der Waals surface area contributed by atoms with E-state index in [0.29, 0.717) is 55.7 Å². The van der Waals surface area contributed by atoms with Crippen LogP contribution in [0, 0.1) is 5.92 Å². The van der Waals surface area contributed by atoms with Crippen LogP contribution in [0.2, 0.25) is 10.0 Å². The van der Waals surface area contributed by atoms with Crippen LogP contribution in [0.15, 0.2) is 24.3 Å². The number of carbonyl (C=O) groups is 2. The maximum Gasteiger partial charge on any atom is 0.246 e. The second kappa shape index (κ2) is 12.2. The van der Waals surface area contributed by atoms with Crippen LogP contribution < -0.4 is 0 Å². The Morgan fingerprint density at radius 1 is 1.21 bits per heavy atom. The molecule has 0 spiro atoms. The fourth-order valence-corrected chi connectivity index (χ4v) is 4.49. The number of likely N-dealkylation sites (tertiary alicyclic amines) is 1. The van der Waals surface area contributed by atoms with Gasteiger partial charge in [-0.25, -0.2) is 0 Å². The number of piperidine rings is 1. The van der Waals surface area contributed by atoms with E-state index in [1.54, 1.807) is 34.1 Å². The first-order chi connectivity index (χ1) is 15.7. The molecule has 2 heterocycles. The van der Waals surface area contributed by atoms with E-state index >= 15 is 0 Å². The molecule has 0 aliphatic carbocycles. The van der Waals surface area contributed by atoms with Gasteiger partial charge in [-0.3, -0.25) is 14.5 Å². The average molecular weight is 498 g/mol. The molecule has 2 saturated heterocycles. The summed E-state index contributed by atoms with van der Waals surface area (Å²) in [5.41, 5.74) is 0.773. The van der Waals surface area contributed by atoms with Gasteiger partial charge in [0.2, 0.25) is 11.8 Å². The third kappa shape index (κ3) is 7.69. The molecule has 1 aromatic rings. The highest BCUT2D eigenvalue weighted by Gasteiger charge is 2.27. The first-order valence-electron chi connectivity index (χ1n) is 11.5. The number of amides is 2. The number of nitrogens with zero attached hydrogens (tertiary/aromatic N) is 3. The number of β-amino-alcohol motifs (C(OH)–C–C–N with tert-alkyl or cyclic N) is 2. The van der Waals surface area contributed by atoms with Crippen molar-refractivity contribution in [1.82, 2.24) is 14.7 Å². The molecule has 2 fully saturated rings. The number of hydrogen-bond donors (Lipinski definition) is 2. The molecule has 33 heavy (non-hydrogen) atoms. The molecule has 1 aromatic carbocycles. The van der Waals surface area contributed by atoms with Gasteiger partial charge in [0, 0.05) is 51.8 Å². The van der Waals surface area contributed by atoms with Gasteiger partial charge in [-0.2, -0.15) is 0 Å². The van der Waals surface area contributed by atoms with Gasteiger partial charge in [0.25, 0.3) is 0 Å². The molecule has 2 aliphatic rings. The first-order valence-corrected chi connectivity index (χ1v) is 12.3. The van der Waals surface area contributed by atoms with Crippen molar-refractivity contribution in [2.75, 3.05) is 45.8 Å². The number of carbonyl (C=O) groups excluding carboxylic acids is 2. The van der Waals surface area contributed by atoms with E-state index in [4.69, 9.17) is 23.2 Å². The Labute approximate surface area is 205 Å². The third-order valence-corrected chi connectivity index (χ3v) is 7.20. The van der Waals surface area contributed by atoms with Crippen molar-refractivity contribution >= 4 is 41.1 Å². The number of rotatable bonds is 7. The molecule has 7 nitrogen and oxygen atoms in total. The van der Waals surface area contributed by atoms with Gasteiger partial charge in [0.1, 0.15) is 0 Å². The van der Waals surface area contributed by atoms with E-state index < -0.39 is 6.10 Å². The molecule has 2 N–H and O–H groups in total. The summed E-state index contributed by atoms with van der Waals surface area (Å²) in [6, 6.07) is 5.15. The van der Waals surface area contributed by atoms with Crippen molar-refractivity contribution in [3.63, 3.8) is 0 Å². The number of hydrogen-bond acceptors (Lipinski definition) is 5. The fraction of sp³-hybridized carbons (Fsp3) is 0.583. The van der Waals surface area contributed by atoms with Crippen molar-refractivity contribution in [3.8, 4) is 0 Å². The van der Waals surface area contributed by atoms with Gasteiger partial charge >= 0.3 is 0 Å². The van der Waals surface area contributed by atoms with Crippen LogP contribution in [0.5, 0.6) is 0 Å². The highest BCUT2D eigenvalue weighted by Crippen LogP contribution is 2.23. The van der Waals surface area contributed by atoms with Gasteiger partial charge in [-0.1, -0.05) is 36.2 Å². The van der Waals surface area contributed by atoms with Gasteiger partial charge < -0.3 is 20.0 Å². The molecule has 0 aromatic heterocycles. The quantitative estimate of drug-likeness (QED) is 0.565. The molecule has 0 saturated carbocycles. The lowest BCUT2D eigenvalue weighted by Gasteiger charge is -2.35. The van der Waals surface area contributed by atoms with Gasteiger partial charge in [-0.15, -0.1) is 0 Å². The monoisotopic (exact) mass is 497 g/mol. The van der Waals surface area contributed by atoms with E-state index in [-0.39, 0.29) is 30.3 Å². The summed E-state index contributed by atoms with van der Waals surface area (Å²) in [7, 11) is 0. The smallest absolute Gasteiger partial charge is 0.246 e. The van der Waals surface area contributed by atoms with Gasteiger partial charge in [0.05, 0.1) is 22.3 Å². The predicted octanol–water partition coefficient (Wildman–Crippen LogP) is 2.52. The predicted molar refractivity (Wildman–Crippen MR) is 130 cm³/mol. The lowest BCUT2D eigenvalue weighted by molar-refractivity contribution is -0.130. The third-order valence-electron chi connectivity index (χ3n) is 6.47. The molecule has 3 unspecified atom stereocenters. The molecule has 9 heteroatoms. The average Bonchev–Trinajstić information content (AvgIpc) is 2.97. The summed E-state index contributed by atoms with van der Waals surface area (Å²) in [6.45, 7) is 5.69. The minimum absolute atomic E-state index is 0.00631. The summed E-state index contributed by atoms with van der Waals surface area (Å²) in [5, 5.41) is 21.4. The molecule has 182 valence electrons. The van der Waals surface area contributed by atoms with Crippen LogP contribution >= 0.6 is 23.2 Å². The Balaban J connectivity index is 1.45. The normalized spacial score (nSPS) is 23.7. The molecular weight excluding hydrogens is 465 g/mol. The van der Waals surface area contributed by atoms with E-state index in [1.165, 1.54) is 6.08 Å². The minimum atomic E-state index is -0.562. The Morgan fingerprint density at radius 3 is 2.73 bits per heavy atom. The molecule has 2 amide bonds. The van der Waals surface area contributed by atoms with Crippen LogP contribution in [0.3, 0.4) is 0 Å². The van der Waals surface area contributed by atoms with Crippen molar-refractivity contribution in [2.24, 2.45) is 5.92 Å². The van der Waals surface area contributed by atoms with Crippen molar-refractivity contribution in [2.45, 2.75) is 38.4 Å². The lowest BCUT2D eigenvalue weighted by atomic mass is 9.96. The zero-order valence-corrected chi connectivity index (χ0v) is 20.5. The zero-order chi connectivity index (χ0) is 24.0. The van der Waals surface area contributed by atoms with Crippen LogP contribution in [-0.4, -0.2) is 94.7 Å². The van der Waals surface area contributed by atoms with E-state index in [2.05, 4.69) is 4.90 Å². The van der Waals surface area contributed by atoms with Crippen molar-refractivity contribution in [1.29, 1.82) is 0 Å². The van der Waals surface area contributed by atoms with Crippen molar-refractivity contribution < 1.29 is 19.8 Å². The van der Waals surface area contributed by atoms with Crippen LogP contribution in [0.25, 0.3) is 6.08 Å². The van der Waals surface area contributed by atoms with Crippen molar-refractivity contribution in [3.05, 3.63) is 39.9 Å². The second-order valence-electron chi connectivity index (χ2n) is 9.00. The highest BCUT2D eigenvalue weighted by molar-refractivity contribution is 6.42. The molecule has 3 rings (SSSR count). The Hall–Kier alpha value is -1.64. The lowest BCUT2D eigenvalue weighted by Crippen LogP contribution is -2.46. The summed E-state index contributed by atoms with van der Waals surface area (Å²) in [6.07, 6.45) is 3.90. The van der Waals surface area contributed by atoms with Gasteiger partial charge in [0.15, 0.2) is 0 Å². The fourth-order valence-electron chi connectivity index (χ4n) is 4.19. The molecule has 0 radical (unpaired) electrons. The summed E-state index contributed by atoms with van der Waals surface area (Å²) in [4.78, 5) is 30.6. The zero-order valence-electron chi connectivity index (χ0n) is 19.0. The number of halogens is 2. The summed E-state index contributed by atoms with van der Waals surface area (Å²) >= 11 is 11.9. The van der Waals surface area contributed by atoms with Gasteiger partial charge in [-0.05, 0) is 49.1 Å².